The van der Waals surface area contributed by atoms with Gasteiger partial charge in [0.15, 0.2) is 0 Å². The third-order valence-corrected chi connectivity index (χ3v) is 4.35. The first-order valence-electron chi connectivity index (χ1n) is 7.68. The van der Waals surface area contributed by atoms with Crippen molar-refractivity contribution in [2.45, 2.75) is 18.9 Å². The number of carbonyl (C=O) groups is 1. The summed E-state index contributed by atoms with van der Waals surface area (Å²) in [7, 11) is 0. The van der Waals surface area contributed by atoms with Gasteiger partial charge in [-0.1, -0.05) is 18.2 Å². The van der Waals surface area contributed by atoms with Crippen molar-refractivity contribution in [2.75, 3.05) is 5.32 Å². The molecule has 1 atom stereocenters. The van der Waals surface area contributed by atoms with E-state index in [1.807, 2.05) is 24.3 Å². The molecule has 0 aliphatic carbocycles. The maximum Gasteiger partial charge on any atom is 0.262 e. The quantitative estimate of drug-likeness (QED) is 0.749. The van der Waals surface area contributed by atoms with Crippen molar-refractivity contribution in [3.8, 4) is 0 Å². The lowest BCUT2D eigenvalue weighted by Gasteiger charge is -2.16. The van der Waals surface area contributed by atoms with Crippen molar-refractivity contribution in [3.63, 3.8) is 0 Å². The number of nitrogens with one attached hydrogen (secondary N) is 1. The molecule has 24 heavy (non-hydrogen) atoms. The number of anilines is 1. The van der Waals surface area contributed by atoms with Gasteiger partial charge >= 0.3 is 0 Å². The smallest absolute Gasteiger partial charge is 0.262 e. The summed E-state index contributed by atoms with van der Waals surface area (Å²) in [5.41, 5.74) is 1.79. The van der Waals surface area contributed by atoms with Crippen LogP contribution in [-0.2, 0) is 11.2 Å². The fourth-order valence-electron chi connectivity index (χ4n) is 3.10. The van der Waals surface area contributed by atoms with Gasteiger partial charge < -0.3 is 5.32 Å². The molecule has 1 aliphatic rings. The Balaban J connectivity index is 1.79. The lowest BCUT2D eigenvalue weighted by molar-refractivity contribution is -0.119. The normalized spacial score (nSPS) is 17.2. The Hall–Kier alpha value is -3.02. The first kappa shape index (κ1) is 14.6. The molecule has 120 valence electrons. The summed E-state index contributed by atoms with van der Waals surface area (Å²) in [5.74, 6) is -0.767. The molecular formula is C18H14FN3O2. The van der Waals surface area contributed by atoms with Crippen molar-refractivity contribution in [1.82, 2.24) is 9.55 Å². The van der Waals surface area contributed by atoms with E-state index in [1.165, 1.54) is 23.0 Å². The minimum atomic E-state index is -0.676. The van der Waals surface area contributed by atoms with Gasteiger partial charge in [0.25, 0.3) is 5.56 Å². The number of fused-ring (bicyclic) bond motifs is 2. The molecule has 0 saturated carbocycles. The Bertz CT molecular complexity index is 1010. The molecule has 0 saturated heterocycles. The number of halogens is 1. The maximum absolute atomic E-state index is 13.5. The van der Waals surface area contributed by atoms with E-state index in [-0.39, 0.29) is 11.3 Å². The Kier molecular flexibility index (Phi) is 3.37. The lowest BCUT2D eigenvalue weighted by atomic mass is 10.1. The largest absolute Gasteiger partial charge is 0.324 e. The summed E-state index contributed by atoms with van der Waals surface area (Å²) in [6, 6.07) is 10.8. The highest BCUT2D eigenvalue weighted by atomic mass is 19.1. The van der Waals surface area contributed by atoms with Crippen LogP contribution >= 0.6 is 0 Å². The van der Waals surface area contributed by atoms with Crippen LogP contribution in [0.25, 0.3) is 10.9 Å². The van der Waals surface area contributed by atoms with Gasteiger partial charge in [-0.05, 0) is 42.7 Å². The molecule has 3 aromatic rings. The number of aromatic nitrogens is 2. The second-order valence-electron chi connectivity index (χ2n) is 5.82. The molecule has 0 fully saturated rings. The van der Waals surface area contributed by atoms with E-state index in [0.717, 1.165) is 17.3 Å². The molecule has 2 aromatic carbocycles. The lowest BCUT2D eigenvalue weighted by Crippen LogP contribution is -2.33. The third kappa shape index (κ3) is 2.36. The number of nitrogens with zero attached hydrogens (tertiary/aromatic N) is 2. The standard InChI is InChI=1S/C18H14FN3O2/c19-12-6-7-15-13(9-12)18(24)22(10-20-15)16-8-5-11-3-1-2-4-14(11)21-17(16)23/h1-4,6-7,9-10,16H,5,8H2,(H,21,23)/t16-/m1/s1. The zero-order valence-corrected chi connectivity index (χ0v) is 12.7. The SMILES string of the molecule is O=C1Nc2ccccc2CC[C@H]1n1cnc2ccc(F)cc2c1=O. The summed E-state index contributed by atoms with van der Waals surface area (Å²) >= 11 is 0. The summed E-state index contributed by atoms with van der Waals surface area (Å²) < 4.78 is 14.8. The molecule has 1 amide bonds. The van der Waals surface area contributed by atoms with Crippen molar-refractivity contribution < 1.29 is 9.18 Å². The van der Waals surface area contributed by atoms with Crippen LogP contribution in [0.15, 0.2) is 53.6 Å². The van der Waals surface area contributed by atoms with E-state index in [9.17, 15) is 14.0 Å². The van der Waals surface area contributed by atoms with Crippen LogP contribution < -0.4 is 10.9 Å². The van der Waals surface area contributed by atoms with E-state index in [2.05, 4.69) is 10.3 Å². The first-order chi connectivity index (χ1) is 11.6. The van der Waals surface area contributed by atoms with Crippen LogP contribution in [0.4, 0.5) is 10.1 Å². The van der Waals surface area contributed by atoms with Crippen LogP contribution in [0.2, 0.25) is 0 Å². The molecular weight excluding hydrogens is 309 g/mol. The van der Waals surface area contributed by atoms with Gasteiger partial charge in [-0.3, -0.25) is 14.2 Å². The third-order valence-electron chi connectivity index (χ3n) is 4.35. The van der Waals surface area contributed by atoms with Crippen molar-refractivity contribution in [3.05, 3.63) is 70.5 Å². The zero-order chi connectivity index (χ0) is 16.7. The van der Waals surface area contributed by atoms with Gasteiger partial charge in [-0.25, -0.2) is 9.37 Å². The van der Waals surface area contributed by atoms with Gasteiger partial charge in [0.1, 0.15) is 11.9 Å². The van der Waals surface area contributed by atoms with Gasteiger partial charge in [0.2, 0.25) is 5.91 Å². The molecule has 2 heterocycles. The molecule has 5 nitrogen and oxygen atoms in total. The fraction of sp³-hybridized carbons (Fsp3) is 0.167. The molecule has 0 radical (unpaired) electrons. The first-order valence-corrected chi connectivity index (χ1v) is 7.68. The number of para-hydroxylation sites is 1. The number of hydrogen-bond donors (Lipinski definition) is 1. The number of carbonyl (C=O) groups excluding carboxylic acids is 1. The summed E-state index contributed by atoms with van der Waals surface area (Å²) in [6.07, 6.45) is 2.50. The highest BCUT2D eigenvalue weighted by molar-refractivity contribution is 5.95. The van der Waals surface area contributed by atoms with Crippen molar-refractivity contribution in [2.24, 2.45) is 0 Å². The predicted molar refractivity (Wildman–Crippen MR) is 88.4 cm³/mol. The average Bonchev–Trinajstić information content (AvgIpc) is 2.74. The Morgan fingerprint density at radius 1 is 1.17 bits per heavy atom. The molecule has 0 spiro atoms. The molecule has 6 heteroatoms. The van der Waals surface area contributed by atoms with Crippen molar-refractivity contribution >= 4 is 22.5 Å². The number of aryl methyl sites for hydroxylation is 1. The number of amides is 1. The van der Waals surface area contributed by atoms with E-state index >= 15 is 0 Å². The number of benzene rings is 2. The van der Waals surface area contributed by atoms with Crippen LogP contribution in [0.5, 0.6) is 0 Å². The Labute approximate surface area is 136 Å². The molecule has 1 aromatic heterocycles. The molecule has 4 rings (SSSR count). The van der Waals surface area contributed by atoms with E-state index in [0.29, 0.717) is 18.4 Å². The van der Waals surface area contributed by atoms with E-state index in [1.54, 1.807) is 0 Å². The molecule has 0 bridgehead atoms. The fourth-order valence-corrected chi connectivity index (χ4v) is 3.10. The minimum absolute atomic E-state index is 0.173. The van der Waals surface area contributed by atoms with E-state index < -0.39 is 17.4 Å². The minimum Gasteiger partial charge on any atom is -0.324 e. The maximum atomic E-state index is 13.5. The molecule has 1 aliphatic heterocycles. The monoisotopic (exact) mass is 323 g/mol. The highest BCUT2D eigenvalue weighted by Crippen LogP contribution is 2.26. The van der Waals surface area contributed by atoms with Crippen LogP contribution in [0, 0.1) is 5.82 Å². The van der Waals surface area contributed by atoms with E-state index in [4.69, 9.17) is 0 Å². The molecule has 0 unspecified atom stereocenters. The zero-order valence-electron chi connectivity index (χ0n) is 12.7. The summed E-state index contributed by atoms with van der Waals surface area (Å²) in [4.78, 5) is 29.4. The van der Waals surface area contributed by atoms with Gasteiger partial charge in [-0.15, -0.1) is 0 Å². The average molecular weight is 323 g/mol. The Morgan fingerprint density at radius 2 is 2.00 bits per heavy atom. The van der Waals surface area contributed by atoms with Gasteiger partial charge in [0, 0.05) is 5.69 Å². The second kappa shape index (κ2) is 5.56. The highest BCUT2D eigenvalue weighted by Gasteiger charge is 2.26. The molecule has 1 N–H and O–H groups in total. The van der Waals surface area contributed by atoms with Gasteiger partial charge in [-0.2, -0.15) is 0 Å². The van der Waals surface area contributed by atoms with Crippen molar-refractivity contribution in [1.29, 1.82) is 0 Å². The Morgan fingerprint density at radius 3 is 2.88 bits per heavy atom. The summed E-state index contributed by atoms with van der Waals surface area (Å²) in [5, 5.41) is 3.03. The van der Waals surface area contributed by atoms with Crippen LogP contribution in [-0.4, -0.2) is 15.5 Å². The van der Waals surface area contributed by atoms with Crippen LogP contribution in [0.1, 0.15) is 18.0 Å². The second-order valence-corrected chi connectivity index (χ2v) is 5.82. The summed E-state index contributed by atoms with van der Waals surface area (Å²) in [6.45, 7) is 0. The topological polar surface area (TPSA) is 64.0 Å². The number of rotatable bonds is 1. The van der Waals surface area contributed by atoms with Crippen LogP contribution in [0.3, 0.4) is 0 Å². The predicted octanol–water partition coefficient (Wildman–Crippen LogP) is 2.66. The number of hydrogen-bond acceptors (Lipinski definition) is 3. The van der Waals surface area contributed by atoms with Gasteiger partial charge in [0.05, 0.1) is 17.2 Å².